The van der Waals surface area contributed by atoms with Crippen LogP contribution in [-0.2, 0) is 11.2 Å². The van der Waals surface area contributed by atoms with Crippen LogP contribution in [0.1, 0.15) is 22.8 Å². The Morgan fingerprint density at radius 1 is 1.29 bits per heavy atom. The van der Waals surface area contributed by atoms with Gasteiger partial charge in [-0.25, -0.2) is 4.99 Å². The monoisotopic (exact) mass is 277 g/mol. The van der Waals surface area contributed by atoms with Gasteiger partial charge in [0.2, 0.25) is 0 Å². The van der Waals surface area contributed by atoms with Crippen molar-refractivity contribution in [2.24, 2.45) is 10.9 Å². The first kappa shape index (κ1) is 13.4. The predicted octanol–water partition coefficient (Wildman–Crippen LogP) is 3.08. The summed E-state index contributed by atoms with van der Waals surface area (Å²) >= 11 is 0. The number of carbonyl (C=O) groups excluding carboxylic acids is 2. The quantitative estimate of drug-likeness (QED) is 0.797. The van der Waals surface area contributed by atoms with Gasteiger partial charge in [0.05, 0.1) is 5.71 Å². The Labute approximate surface area is 123 Å². The van der Waals surface area contributed by atoms with Crippen molar-refractivity contribution in [3.05, 3.63) is 71.3 Å². The molecule has 0 fully saturated rings. The Morgan fingerprint density at radius 3 is 2.95 bits per heavy atom. The molecule has 0 radical (unpaired) electrons. The molecule has 0 aromatic heterocycles. The maximum absolute atomic E-state index is 12.1. The number of benzene rings is 1. The van der Waals surface area contributed by atoms with E-state index in [0.717, 1.165) is 11.3 Å². The van der Waals surface area contributed by atoms with Gasteiger partial charge in [0, 0.05) is 23.5 Å². The highest BCUT2D eigenvalue weighted by Gasteiger charge is 2.22. The number of aliphatic imine (C=N–C) groups is 1. The zero-order chi connectivity index (χ0) is 14.8. The third-order valence-corrected chi connectivity index (χ3v) is 3.65. The summed E-state index contributed by atoms with van der Waals surface area (Å²) in [6, 6.07) is 7.40. The molecule has 0 N–H and O–H groups in total. The van der Waals surface area contributed by atoms with Gasteiger partial charge in [-0.2, -0.15) is 0 Å². The van der Waals surface area contributed by atoms with Crippen LogP contribution in [0.2, 0.25) is 0 Å². The zero-order valence-electron chi connectivity index (χ0n) is 11.7. The molecule has 1 aromatic carbocycles. The van der Waals surface area contributed by atoms with Gasteiger partial charge in [-0.3, -0.25) is 9.59 Å². The maximum atomic E-state index is 12.1. The fourth-order valence-corrected chi connectivity index (χ4v) is 2.53. The second kappa shape index (κ2) is 5.44. The van der Waals surface area contributed by atoms with E-state index in [1.54, 1.807) is 13.0 Å². The lowest BCUT2D eigenvalue weighted by atomic mass is 9.90. The Balaban J connectivity index is 1.85. The molecule has 1 aliphatic heterocycles. The van der Waals surface area contributed by atoms with Crippen LogP contribution in [-0.4, -0.2) is 17.4 Å². The molecule has 0 bridgehead atoms. The minimum atomic E-state index is -0.186. The Kier molecular flexibility index (Phi) is 3.48. The van der Waals surface area contributed by atoms with Crippen molar-refractivity contribution in [1.82, 2.24) is 0 Å². The lowest BCUT2D eigenvalue weighted by molar-refractivity contribution is -0.114. The Morgan fingerprint density at radius 2 is 2.14 bits per heavy atom. The Bertz CT molecular complexity index is 735. The number of amides is 1. The maximum Gasteiger partial charge on any atom is 0.273 e. The van der Waals surface area contributed by atoms with E-state index in [-0.39, 0.29) is 17.6 Å². The highest BCUT2D eigenvalue weighted by Crippen LogP contribution is 2.22. The second-order valence-corrected chi connectivity index (χ2v) is 5.24. The number of Topliss-reactive ketones (excluding diaryl/α,β-unsaturated/α-hetero) is 1. The highest BCUT2D eigenvalue weighted by molar-refractivity contribution is 6.13. The van der Waals surface area contributed by atoms with E-state index in [4.69, 9.17) is 0 Å². The average Bonchev–Trinajstić information content (AvgIpc) is 2.48. The first-order valence-electron chi connectivity index (χ1n) is 6.92. The molecule has 3 rings (SSSR count). The number of fused-ring (bicyclic) bond motifs is 1. The van der Waals surface area contributed by atoms with Crippen molar-refractivity contribution < 1.29 is 9.59 Å². The van der Waals surface area contributed by atoms with Gasteiger partial charge in [0.1, 0.15) is 0 Å². The van der Waals surface area contributed by atoms with Crippen LogP contribution in [0.4, 0.5) is 0 Å². The van der Waals surface area contributed by atoms with E-state index in [2.05, 4.69) is 4.99 Å². The van der Waals surface area contributed by atoms with Gasteiger partial charge in [0.25, 0.3) is 5.91 Å². The van der Waals surface area contributed by atoms with Crippen LogP contribution in [0.15, 0.2) is 65.2 Å². The topological polar surface area (TPSA) is 46.5 Å². The number of carbonyl (C=O) groups is 2. The number of hydrogen-bond donors (Lipinski definition) is 0. The molecule has 1 unspecified atom stereocenters. The van der Waals surface area contributed by atoms with Gasteiger partial charge in [-0.05, 0) is 24.6 Å². The van der Waals surface area contributed by atoms with Crippen LogP contribution in [0, 0.1) is 5.92 Å². The summed E-state index contributed by atoms with van der Waals surface area (Å²) in [5.41, 5.74) is 3.10. The van der Waals surface area contributed by atoms with E-state index in [1.807, 2.05) is 48.6 Å². The largest absolute Gasteiger partial charge is 0.295 e. The van der Waals surface area contributed by atoms with Crippen LogP contribution in [0.3, 0.4) is 0 Å². The SMILES string of the molecule is CC(=O)c1cccc(CC2=CC3C=CC=CC3=NC2=O)c1. The lowest BCUT2D eigenvalue weighted by Crippen LogP contribution is -2.20. The molecule has 3 heteroatoms. The molecule has 2 aliphatic rings. The molecule has 1 heterocycles. The fourth-order valence-electron chi connectivity index (χ4n) is 2.53. The minimum absolute atomic E-state index is 0.0291. The third kappa shape index (κ3) is 2.82. The smallest absolute Gasteiger partial charge is 0.273 e. The summed E-state index contributed by atoms with van der Waals surface area (Å²) in [6.45, 7) is 1.54. The fraction of sp³-hybridized carbons (Fsp3) is 0.167. The van der Waals surface area contributed by atoms with E-state index >= 15 is 0 Å². The van der Waals surface area contributed by atoms with Crippen LogP contribution < -0.4 is 0 Å². The summed E-state index contributed by atoms with van der Waals surface area (Å²) < 4.78 is 0. The van der Waals surface area contributed by atoms with Gasteiger partial charge in [0.15, 0.2) is 5.78 Å². The minimum Gasteiger partial charge on any atom is -0.295 e. The van der Waals surface area contributed by atoms with Crippen LogP contribution in [0.5, 0.6) is 0 Å². The van der Waals surface area contributed by atoms with Crippen molar-refractivity contribution in [3.63, 3.8) is 0 Å². The highest BCUT2D eigenvalue weighted by atomic mass is 16.1. The third-order valence-electron chi connectivity index (χ3n) is 3.65. The molecule has 0 spiro atoms. The zero-order valence-corrected chi connectivity index (χ0v) is 11.7. The predicted molar refractivity (Wildman–Crippen MR) is 82.4 cm³/mol. The average molecular weight is 277 g/mol. The summed E-state index contributed by atoms with van der Waals surface area (Å²) in [6.07, 6.45) is 10.2. The molecular weight excluding hydrogens is 262 g/mol. The first-order valence-corrected chi connectivity index (χ1v) is 6.92. The first-order chi connectivity index (χ1) is 10.1. The van der Waals surface area contributed by atoms with Crippen molar-refractivity contribution in [2.75, 3.05) is 0 Å². The van der Waals surface area contributed by atoms with Gasteiger partial charge in [-0.1, -0.05) is 42.5 Å². The summed E-state index contributed by atoms with van der Waals surface area (Å²) in [5.74, 6) is -0.0745. The second-order valence-electron chi connectivity index (χ2n) is 5.24. The molecule has 1 aromatic rings. The molecule has 1 atom stereocenters. The van der Waals surface area contributed by atoms with Crippen molar-refractivity contribution in [1.29, 1.82) is 0 Å². The standard InChI is InChI=1S/C18H15NO2/c1-12(20)14-7-4-5-13(9-14)10-16-11-15-6-2-3-8-17(15)19-18(16)21/h2-9,11,15H,10H2,1H3. The van der Waals surface area contributed by atoms with Crippen molar-refractivity contribution in [2.45, 2.75) is 13.3 Å². The normalized spacial score (nSPS) is 19.9. The number of dihydropyridines is 1. The lowest BCUT2D eigenvalue weighted by Gasteiger charge is -2.18. The number of allylic oxidation sites excluding steroid dienone is 5. The number of hydrogen-bond acceptors (Lipinski definition) is 2. The van der Waals surface area contributed by atoms with E-state index < -0.39 is 0 Å². The van der Waals surface area contributed by atoms with Gasteiger partial charge < -0.3 is 0 Å². The number of nitrogens with zero attached hydrogens (tertiary/aromatic N) is 1. The van der Waals surface area contributed by atoms with Gasteiger partial charge >= 0.3 is 0 Å². The molecule has 3 nitrogen and oxygen atoms in total. The van der Waals surface area contributed by atoms with Gasteiger partial charge in [-0.15, -0.1) is 0 Å². The number of ketones is 1. The summed E-state index contributed by atoms with van der Waals surface area (Å²) in [7, 11) is 0. The van der Waals surface area contributed by atoms with E-state index in [9.17, 15) is 9.59 Å². The molecule has 0 saturated heterocycles. The molecule has 104 valence electrons. The number of rotatable bonds is 3. The molecule has 21 heavy (non-hydrogen) atoms. The van der Waals surface area contributed by atoms with Crippen LogP contribution >= 0.6 is 0 Å². The van der Waals surface area contributed by atoms with Crippen molar-refractivity contribution in [3.8, 4) is 0 Å². The molecule has 1 amide bonds. The molecule has 0 saturated carbocycles. The molecular formula is C18H15NO2. The van der Waals surface area contributed by atoms with E-state index in [1.165, 1.54) is 0 Å². The summed E-state index contributed by atoms with van der Waals surface area (Å²) in [5, 5.41) is 0. The van der Waals surface area contributed by atoms with Crippen molar-refractivity contribution >= 4 is 17.4 Å². The van der Waals surface area contributed by atoms with E-state index in [0.29, 0.717) is 17.6 Å². The van der Waals surface area contributed by atoms with Crippen LogP contribution in [0.25, 0.3) is 0 Å². The molecule has 1 aliphatic carbocycles. The summed E-state index contributed by atoms with van der Waals surface area (Å²) in [4.78, 5) is 27.7. The Hall–Kier alpha value is -2.55.